The van der Waals surface area contributed by atoms with Gasteiger partial charge in [0.15, 0.2) is 0 Å². The van der Waals surface area contributed by atoms with E-state index < -0.39 is 0 Å². The highest BCUT2D eigenvalue weighted by atomic mass is 16.5. The predicted molar refractivity (Wildman–Crippen MR) is 55.4 cm³/mol. The van der Waals surface area contributed by atoms with Crippen LogP contribution >= 0.6 is 0 Å². The lowest BCUT2D eigenvalue weighted by Gasteiger charge is -2.14. The zero-order valence-corrected chi connectivity index (χ0v) is 8.71. The van der Waals surface area contributed by atoms with E-state index in [1.165, 1.54) is 0 Å². The Balaban J connectivity index is 2.07. The first kappa shape index (κ1) is 9.64. The molecule has 0 saturated heterocycles. The number of aryl methyl sites for hydroxylation is 1. The number of rotatable bonds is 3. The summed E-state index contributed by atoms with van der Waals surface area (Å²) < 4.78 is 4.98. The summed E-state index contributed by atoms with van der Waals surface area (Å²) in [5.41, 5.74) is 0.877. The Morgan fingerprint density at radius 2 is 2.07 bits per heavy atom. The first-order valence-corrected chi connectivity index (χ1v) is 4.66. The number of hydrogen-bond donors (Lipinski definition) is 0. The Kier molecular flexibility index (Phi) is 2.62. The van der Waals surface area contributed by atoms with Crippen LogP contribution in [0.3, 0.4) is 0 Å². The lowest BCUT2D eigenvalue weighted by atomic mass is 10.3. The van der Waals surface area contributed by atoms with Gasteiger partial charge in [0.2, 0.25) is 5.95 Å². The van der Waals surface area contributed by atoms with Gasteiger partial charge in [0.1, 0.15) is 11.5 Å². The van der Waals surface area contributed by atoms with Gasteiger partial charge in [0.25, 0.3) is 0 Å². The maximum absolute atomic E-state index is 4.98. The molecule has 0 N–H and O–H groups in total. The Morgan fingerprint density at radius 3 is 2.67 bits per heavy atom. The molecule has 2 rings (SSSR count). The van der Waals surface area contributed by atoms with Crippen LogP contribution in [0.25, 0.3) is 0 Å². The van der Waals surface area contributed by atoms with Crippen molar-refractivity contribution >= 4 is 5.95 Å². The molecule has 2 heterocycles. The summed E-state index contributed by atoms with van der Waals surface area (Å²) in [4.78, 5) is 10.2. The molecule has 0 aromatic carbocycles. The van der Waals surface area contributed by atoms with E-state index in [0.717, 1.165) is 11.5 Å². The second-order valence-corrected chi connectivity index (χ2v) is 3.33. The van der Waals surface area contributed by atoms with Crippen molar-refractivity contribution < 1.29 is 4.52 Å². The lowest BCUT2D eigenvalue weighted by molar-refractivity contribution is 0.390. The normalized spacial score (nSPS) is 10.3. The molecule has 0 fully saturated rings. The van der Waals surface area contributed by atoms with Crippen molar-refractivity contribution in [2.45, 2.75) is 13.5 Å². The van der Waals surface area contributed by atoms with Gasteiger partial charge in [-0.2, -0.15) is 0 Å². The van der Waals surface area contributed by atoms with Crippen molar-refractivity contribution in [2.24, 2.45) is 0 Å². The molecule has 0 unspecified atom stereocenters. The molecular weight excluding hydrogens is 192 g/mol. The fourth-order valence-corrected chi connectivity index (χ4v) is 1.29. The third kappa shape index (κ3) is 2.31. The molecule has 5 heteroatoms. The SMILES string of the molecule is Cc1cc(CN(C)c2ncccn2)no1. The molecule has 0 bridgehead atoms. The molecular formula is C10H12N4O. The number of hydrogen-bond acceptors (Lipinski definition) is 5. The summed E-state index contributed by atoms with van der Waals surface area (Å²) in [6.07, 6.45) is 3.43. The molecule has 2 aromatic rings. The van der Waals surface area contributed by atoms with E-state index >= 15 is 0 Å². The molecule has 15 heavy (non-hydrogen) atoms. The largest absolute Gasteiger partial charge is 0.361 e. The molecule has 2 aromatic heterocycles. The van der Waals surface area contributed by atoms with Gasteiger partial charge in [0.05, 0.1) is 6.54 Å². The second-order valence-electron chi connectivity index (χ2n) is 3.33. The average Bonchev–Trinajstić information content (AvgIpc) is 2.65. The molecule has 78 valence electrons. The summed E-state index contributed by atoms with van der Waals surface area (Å²) in [6.45, 7) is 2.51. The Labute approximate surface area is 87.7 Å². The summed E-state index contributed by atoms with van der Waals surface area (Å²) in [7, 11) is 1.92. The Morgan fingerprint density at radius 1 is 1.33 bits per heavy atom. The first-order valence-electron chi connectivity index (χ1n) is 4.66. The fraction of sp³-hybridized carbons (Fsp3) is 0.300. The van der Waals surface area contributed by atoms with Crippen LogP contribution in [0.2, 0.25) is 0 Å². The quantitative estimate of drug-likeness (QED) is 0.756. The molecule has 0 aliphatic heterocycles. The van der Waals surface area contributed by atoms with Gasteiger partial charge < -0.3 is 9.42 Å². The van der Waals surface area contributed by atoms with E-state index in [-0.39, 0.29) is 0 Å². The van der Waals surface area contributed by atoms with Gasteiger partial charge in [-0.25, -0.2) is 9.97 Å². The highest BCUT2D eigenvalue weighted by Gasteiger charge is 2.07. The van der Waals surface area contributed by atoms with E-state index in [9.17, 15) is 0 Å². The highest BCUT2D eigenvalue weighted by molar-refractivity contribution is 5.27. The van der Waals surface area contributed by atoms with Crippen LogP contribution in [-0.2, 0) is 6.54 Å². The van der Waals surface area contributed by atoms with Gasteiger partial charge in [-0.3, -0.25) is 0 Å². The van der Waals surface area contributed by atoms with Crippen LogP contribution in [0, 0.1) is 6.92 Å². The number of aromatic nitrogens is 3. The van der Waals surface area contributed by atoms with Crippen molar-refractivity contribution in [1.82, 2.24) is 15.1 Å². The summed E-state index contributed by atoms with van der Waals surface area (Å²) in [5, 5.41) is 3.91. The minimum Gasteiger partial charge on any atom is -0.361 e. The topological polar surface area (TPSA) is 55.1 Å². The number of nitrogens with zero attached hydrogens (tertiary/aromatic N) is 4. The molecule has 0 radical (unpaired) electrons. The third-order valence-electron chi connectivity index (χ3n) is 1.97. The van der Waals surface area contributed by atoms with E-state index in [2.05, 4.69) is 15.1 Å². The minimum absolute atomic E-state index is 0.640. The smallest absolute Gasteiger partial charge is 0.225 e. The van der Waals surface area contributed by atoms with Crippen LogP contribution in [0.1, 0.15) is 11.5 Å². The average molecular weight is 204 g/mol. The van der Waals surface area contributed by atoms with Crippen LogP contribution in [0.4, 0.5) is 5.95 Å². The minimum atomic E-state index is 0.640. The van der Waals surface area contributed by atoms with Gasteiger partial charge in [-0.1, -0.05) is 5.16 Å². The third-order valence-corrected chi connectivity index (χ3v) is 1.97. The van der Waals surface area contributed by atoms with Crippen LogP contribution in [0.15, 0.2) is 29.0 Å². The lowest BCUT2D eigenvalue weighted by Crippen LogP contribution is -2.18. The molecule has 0 atom stereocenters. The van der Waals surface area contributed by atoms with Gasteiger partial charge >= 0.3 is 0 Å². The van der Waals surface area contributed by atoms with E-state index in [1.54, 1.807) is 18.5 Å². The van der Waals surface area contributed by atoms with Crippen molar-refractivity contribution in [3.63, 3.8) is 0 Å². The number of anilines is 1. The fourth-order valence-electron chi connectivity index (χ4n) is 1.29. The van der Waals surface area contributed by atoms with Crippen molar-refractivity contribution in [1.29, 1.82) is 0 Å². The monoisotopic (exact) mass is 204 g/mol. The Bertz CT molecular complexity index is 426. The zero-order valence-electron chi connectivity index (χ0n) is 8.71. The maximum Gasteiger partial charge on any atom is 0.225 e. The van der Waals surface area contributed by atoms with Crippen LogP contribution < -0.4 is 4.90 Å². The van der Waals surface area contributed by atoms with Crippen LogP contribution in [0.5, 0.6) is 0 Å². The van der Waals surface area contributed by atoms with Crippen LogP contribution in [-0.4, -0.2) is 22.2 Å². The molecule has 0 aliphatic rings. The van der Waals surface area contributed by atoms with Gasteiger partial charge in [-0.15, -0.1) is 0 Å². The molecule has 0 spiro atoms. The first-order chi connectivity index (χ1) is 7.25. The second kappa shape index (κ2) is 4.08. The van der Waals surface area contributed by atoms with Crippen molar-refractivity contribution in [3.8, 4) is 0 Å². The van der Waals surface area contributed by atoms with Gasteiger partial charge in [-0.05, 0) is 13.0 Å². The molecule has 0 amide bonds. The van der Waals surface area contributed by atoms with E-state index in [0.29, 0.717) is 12.5 Å². The molecule has 5 nitrogen and oxygen atoms in total. The van der Waals surface area contributed by atoms with Gasteiger partial charge in [0, 0.05) is 25.5 Å². The van der Waals surface area contributed by atoms with E-state index in [4.69, 9.17) is 4.52 Å². The highest BCUT2D eigenvalue weighted by Crippen LogP contribution is 2.08. The summed E-state index contributed by atoms with van der Waals surface area (Å²) in [5.74, 6) is 1.49. The van der Waals surface area contributed by atoms with E-state index in [1.807, 2.05) is 24.9 Å². The Hall–Kier alpha value is -1.91. The van der Waals surface area contributed by atoms with Crippen molar-refractivity contribution in [3.05, 3.63) is 36.0 Å². The van der Waals surface area contributed by atoms with Crippen molar-refractivity contribution in [2.75, 3.05) is 11.9 Å². The standard InChI is InChI=1S/C10H12N4O/c1-8-6-9(13-15-8)7-14(2)10-11-4-3-5-12-10/h3-6H,7H2,1-2H3. The zero-order chi connectivity index (χ0) is 10.7. The molecule has 0 saturated carbocycles. The summed E-state index contributed by atoms with van der Waals surface area (Å²) in [6, 6.07) is 3.69. The maximum atomic E-state index is 4.98. The summed E-state index contributed by atoms with van der Waals surface area (Å²) >= 11 is 0. The predicted octanol–water partition coefficient (Wildman–Crippen LogP) is 1.41. The molecule has 0 aliphatic carbocycles.